The van der Waals surface area contributed by atoms with Crippen LogP contribution in [0.2, 0.25) is 10.0 Å². The topological polar surface area (TPSA) is 67.4 Å². The summed E-state index contributed by atoms with van der Waals surface area (Å²) >= 11 is 15.2. The molecule has 5 nitrogen and oxygen atoms in total. The molecule has 0 radical (unpaired) electrons. The van der Waals surface area contributed by atoms with Crippen LogP contribution in [0.1, 0.15) is 5.56 Å². The molecular weight excluding hydrogens is 431 g/mol. The van der Waals surface area contributed by atoms with Crippen LogP contribution in [0.5, 0.6) is 5.75 Å². The van der Waals surface area contributed by atoms with Gasteiger partial charge in [0.1, 0.15) is 5.75 Å². The molecule has 0 unspecified atom stereocenters. The second kappa shape index (κ2) is 9.46. The third-order valence-electron chi connectivity index (χ3n) is 2.90. The minimum Gasteiger partial charge on any atom is -0.482 e. The first-order valence-electron chi connectivity index (χ1n) is 7.05. The number of halogens is 3. The molecule has 2 amide bonds. The van der Waals surface area contributed by atoms with Gasteiger partial charge in [0.05, 0.1) is 5.02 Å². The van der Waals surface area contributed by atoms with Gasteiger partial charge in [-0.15, -0.1) is 0 Å². The van der Waals surface area contributed by atoms with Gasteiger partial charge < -0.3 is 4.74 Å². The number of nitrogens with one attached hydrogen (secondary N) is 2. The minimum absolute atomic E-state index is 0.296. The molecule has 2 rings (SSSR count). The molecule has 0 fully saturated rings. The van der Waals surface area contributed by atoms with Gasteiger partial charge in [-0.05, 0) is 35.9 Å². The average molecular weight is 444 g/mol. The van der Waals surface area contributed by atoms with E-state index >= 15 is 0 Å². The van der Waals surface area contributed by atoms with E-state index in [4.69, 9.17) is 27.9 Å². The zero-order valence-corrected chi connectivity index (χ0v) is 15.9. The van der Waals surface area contributed by atoms with Crippen LogP contribution in [-0.2, 0) is 9.59 Å². The lowest BCUT2D eigenvalue weighted by Gasteiger charge is -2.09. The SMILES string of the molecule is O=C(C=Cc1ccccc1Cl)NNC(=O)COc1ccc(Br)cc1Cl. The fraction of sp³-hybridized carbons (Fsp3) is 0.0588. The quantitative estimate of drug-likeness (QED) is 0.542. The zero-order chi connectivity index (χ0) is 18.2. The Kier molecular flexibility index (Phi) is 7.31. The highest BCUT2D eigenvalue weighted by molar-refractivity contribution is 9.10. The maximum absolute atomic E-state index is 11.7. The number of ether oxygens (including phenoxy) is 1. The van der Waals surface area contributed by atoms with Crippen LogP contribution < -0.4 is 15.6 Å². The van der Waals surface area contributed by atoms with Crippen LogP contribution in [0.3, 0.4) is 0 Å². The number of hydrazine groups is 1. The number of carbonyl (C=O) groups is 2. The summed E-state index contributed by atoms with van der Waals surface area (Å²) in [6, 6.07) is 12.1. The van der Waals surface area contributed by atoms with Gasteiger partial charge in [-0.25, -0.2) is 0 Å². The highest BCUT2D eigenvalue weighted by Gasteiger charge is 2.07. The van der Waals surface area contributed by atoms with E-state index in [1.165, 1.54) is 6.08 Å². The molecule has 2 aromatic carbocycles. The Bertz CT molecular complexity index is 812. The summed E-state index contributed by atoms with van der Waals surface area (Å²) in [4.78, 5) is 23.4. The summed E-state index contributed by atoms with van der Waals surface area (Å²) < 4.78 is 6.08. The summed E-state index contributed by atoms with van der Waals surface area (Å²) in [6.45, 7) is -0.296. The zero-order valence-electron chi connectivity index (χ0n) is 12.8. The smallest absolute Gasteiger partial charge is 0.276 e. The van der Waals surface area contributed by atoms with Crippen molar-refractivity contribution in [2.45, 2.75) is 0 Å². The Balaban J connectivity index is 1.77. The lowest BCUT2D eigenvalue weighted by molar-refractivity contribution is -0.128. The van der Waals surface area contributed by atoms with Gasteiger partial charge in [-0.1, -0.05) is 57.3 Å². The Morgan fingerprint density at radius 1 is 1.08 bits per heavy atom. The van der Waals surface area contributed by atoms with Crippen molar-refractivity contribution in [1.82, 2.24) is 10.9 Å². The van der Waals surface area contributed by atoms with E-state index in [0.717, 1.165) is 4.47 Å². The van der Waals surface area contributed by atoms with E-state index in [0.29, 0.717) is 21.4 Å². The van der Waals surface area contributed by atoms with E-state index in [9.17, 15) is 9.59 Å². The third-order valence-corrected chi connectivity index (χ3v) is 4.03. The highest BCUT2D eigenvalue weighted by Crippen LogP contribution is 2.27. The lowest BCUT2D eigenvalue weighted by Crippen LogP contribution is -2.43. The van der Waals surface area contributed by atoms with Gasteiger partial charge in [0.25, 0.3) is 11.8 Å². The predicted octanol–water partition coefficient (Wildman–Crippen LogP) is 4.00. The third kappa shape index (κ3) is 6.42. The first-order chi connectivity index (χ1) is 12.0. The first kappa shape index (κ1) is 19.3. The van der Waals surface area contributed by atoms with Crippen molar-refractivity contribution >= 4 is 57.0 Å². The van der Waals surface area contributed by atoms with Crippen molar-refractivity contribution in [2.24, 2.45) is 0 Å². The first-order valence-corrected chi connectivity index (χ1v) is 8.60. The number of hydrogen-bond donors (Lipinski definition) is 2. The monoisotopic (exact) mass is 442 g/mol. The maximum Gasteiger partial charge on any atom is 0.276 e. The van der Waals surface area contributed by atoms with Gasteiger partial charge in [0.2, 0.25) is 0 Å². The summed E-state index contributed by atoms with van der Waals surface area (Å²) in [5.41, 5.74) is 5.17. The van der Waals surface area contributed by atoms with Gasteiger partial charge in [0, 0.05) is 15.6 Å². The van der Waals surface area contributed by atoms with Crippen molar-refractivity contribution in [3.05, 3.63) is 68.6 Å². The Morgan fingerprint density at radius 3 is 2.56 bits per heavy atom. The molecule has 0 heterocycles. The number of hydrogen-bond acceptors (Lipinski definition) is 3. The molecule has 2 aromatic rings. The summed E-state index contributed by atoms with van der Waals surface area (Å²) in [6.07, 6.45) is 2.80. The molecule has 8 heteroatoms. The van der Waals surface area contributed by atoms with Crippen molar-refractivity contribution in [1.29, 1.82) is 0 Å². The lowest BCUT2D eigenvalue weighted by atomic mass is 10.2. The van der Waals surface area contributed by atoms with Crippen LogP contribution in [-0.4, -0.2) is 18.4 Å². The molecule has 0 aliphatic carbocycles. The van der Waals surface area contributed by atoms with Crippen LogP contribution in [0, 0.1) is 0 Å². The maximum atomic E-state index is 11.7. The molecule has 0 aromatic heterocycles. The Hall–Kier alpha value is -2.02. The molecule has 130 valence electrons. The van der Waals surface area contributed by atoms with E-state index < -0.39 is 11.8 Å². The molecule has 2 N–H and O–H groups in total. The minimum atomic E-state index is -0.529. The van der Waals surface area contributed by atoms with Gasteiger partial charge >= 0.3 is 0 Å². The molecule has 0 saturated heterocycles. The van der Waals surface area contributed by atoms with Crippen LogP contribution in [0.4, 0.5) is 0 Å². The number of amides is 2. The fourth-order valence-corrected chi connectivity index (χ4v) is 2.65. The number of rotatable bonds is 5. The van der Waals surface area contributed by atoms with Crippen molar-refractivity contribution in [3.8, 4) is 5.75 Å². The van der Waals surface area contributed by atoms with E-state index in [-0.39, 0.29) is 6.61 Å². The van der Waals surface area contributed by atoms with Crippen LogP contribution in [0.15, 0.2) is 53.0 Å². The predicted molar refractivity (Wildman–Crippen MR) is 101 cm³/mol. The van der Waals surface area contributed by atoms with Crippen LogP contribution in [0.25, 0.3) is 6.08 Å². The Morgan fingerprint density at radius 2 is 1.84 bits per heavy atom. The second-order valence-corrected chi connectivity index (χ2v) is 6.49. The number of carbonyl (C=O) groups excluding carboxylic acids is 2. The molecule has 0 spiro atoms. The normalized spacial score (nSPS) is 10.5. The van der Waals surface area contributed by atoms with Gasteiger partial charge in [0.15, 0.2) is 6.61 Å². The van der Waals surface area contributed by atoms with E-state index in [1.54, 1.807) is 48.5 Å². The molecule has 0 saturated carbocycles. The molecule has 0 aliphatic rings. The average Bonchev–Trinajstić information content (AvgIpc) is 2.58. The standard InChI is InChI=1S/C17H13BrCl2N2O3/c18-12-6-7-15(14(20)9-12)25-10-17(24)22-21-16(23)8-5-11-3-1-2-4-13(11)19/h1-9H,10H2,(H,21,23)(H,22,24). The van der Waals surface area contributed by atoms with Crippen LogP contribution >= 0.6 is 39.1 Å². The molecule has 0 bridgehead atoms. The van der Waals surface area contributed by atoms with Crippen molar-refractivity contribution < 1.29 is 14.3 Å². The Labute approximate surface area is 163 Å². The molecular formula is C17H13BrCl2N2O3. The molecule has 0 aliphatic heterocycles. The van der Waals surface area contributed by atoms with Gasteiger partial charge in [-0.2, -0.15) is 0 Å². The van der Waals surface area contributed by atoms with Gasteiger partial charge in [-0.3, -0.25) is 20.4 Å². The van der Waals surface area contributed by atoms with E-state index in [1.807, 2.05) is 0 Å². The highest BCUT2D eigenvalue weighted by atomic mass is 79.9. The summed E-state index contributed by atoms with van der Waals surface area (Å²) in [5, 5.41) is 0.893. The summed E-state index contributed by atoms with van der Waals surface area (Å²) in [7, 11) is 0. The number of benzene rings is 2. The largest absolute Gasteiger partial charge is 0.482 e. The summed E-state index contributed by atoms with van der Waals surface area (Å²) in [5.74, 6) is -0.668. The van der Waals surface area contributed by atoms with Crippen molar-refractivity contribution in [3.63, 3.8) is 0 Å². The van der Waals surface area contributed by atoms with Crippen molar-refractivity contribution in [2.75, 3.05) is 6.61 Å². The molecule has 0 atom stereocenters. The molecule has 25 heavy (non-hydrogen) atoms. The fourth-order valence-electron chi connectivity index (χ4n) is 1.72. The van der Waals surface area contributed by atoms with E-state index in [2.05, 4.69) is 26.8 Å². The second-order valence-electron chi connectivity index (χ2n) is 4.76.